The lowest BCUT2D eigenvalue weighted by Crippen LogP contribution is -2.09. The topological polar surface area (TPSA) is 38.3 Å². The second-order valence-electron chi connectivity index (χ2n) is 2.61. The first-order chi connectivity index (χ1) is 6.26. The summed E-state index contributed by atoms with van der Waals surface area (Å²) in [7, 11) is 3.00. The molecule has 3 heteroatoms. The van der Waals surface area contributed by atoms with Crippen LogP contribution in [0, 0.1) is 7.11 Å². The largest absolute Gasteiger partial charge is 0.446 e. The van der Waals surface area contributed by atoms with Crippen molar-refractivity contribution in [1.82, 2.24) is 0 Å². The van der Waals surface area contributed by atoms with E-state index in [2.05, 4.69) is 24.1 Å². The maximum absolute atomic E-state index is 10.7. The number of carbonyl (C=O) groups is 1. The summed E-state index contributed by atoms with van der Waals surface area (Å²) < 4.78 is 4.21. The number of anilines is 1. The number of amides is 1. The van der Waals surface area contributed by atoms with Crippen LogP contribution >= 0.6 is 0 Å². The molecule has 0 bridgehead atoms. The highest BCUT2D eigenvalue weighted by molar-refractivity contribution is 5.84. The second-order valence-corrected chi connectivity index (χ2v) is 2.61. The third-order valence-electron chi connectivity index (χ3n) is 1.74. The van der Waals surface area contributed by atoms with Gasteiger partial charge in [0.15, 0.2) is 0 Å². The van der Waals surface area contributed by atoms with Crippen LogP contribution in [0.4, 0.5) is 10.5 Å². The second kappa shape index (κ2) is 4.50. The number of rotatable bonds is 2. The van der Waals surface area contributed by atoms with Crippen LogP contribution in [-0.2, 0) is 11.2 Å². The van der Waals surface area contributed by atoms with Gasteiger partial charge in [0.25, 0.3) is 0 Å². The summed E-state index contributed by atoms with van der Waals surface area (Å²) in [6.45, 7) is 2.08. The quantitative estimate of drug-likeness (QED) is 0.755. The zero-order valence-corrected chi connectivity index (χ0v) is 7.54. The Morgan fingerprint density at radius 2 is 2.08 bits per heavy atom. The highest BCUT2D eigenvalue weighted by Crippen LogP contribution is 2.09. The van der Waals surface area contributed by atoms with Gasteiger partial charge in [-0.15, -0.1) is 0 Å². The molecular formula is C10H12NO2. The van der Waals surface area contributed by atoms with Crippen molar-refractivity contribution in [2.75, 3.05) is 5.32 Å². The number of nitrogens with one attached hydrogen (secondary N) is 1. The van der Waals surface area contributed by atoms with E-state index in [-0.39, 0.29) is 0 Å². The summed E-state index contributed by atoms with van der Waals surface area (Å²) in [6, 6.07) is 7.57. The van der Waals surface area contributed by atoms with Crippen molar-refractivity contribution in [3.05, 3.63) is 36.9 Å². The molecule has 1 rings (SSSR count). The molecule has 13 heavy (non-hydrogen) atoms. The minimum absolute atomic E-state index is 0.552. The normalized spacial score (nSPS) is 9.38. The van der Waals surface area contributed by atoms with Crippen molar-refractivity contribution in [3.63, 3.8) is 0 Å². The summed E-state index contributed by atoms with van der Waals surface area (Å²) in [5.41, 5.74) is 1.94. The van der Waals surface area contributed by atoms with Gasteiger partial charge in [-0.25, -0.2) is 4.79 Å². The average molecular weight is 178 g/mol. The van der Waals surface area contributed by atoms with E-state index < -0.39 is 6.09 Å². The van der Waals surface area contributed by atoms with E-state index in [1.165, 1.54) is 5.56 Å². The number of carbonyl (C=O) groups excluding carboxylic acids is 1. The van der Waals surface area contributed by atoms with Crippen LogP contribution in [0.25, 0.3) is 0 Å². The van der Waals surface area contributed by atoms with Crippen molar-refractivity contribution < 1.29 is 9.53 Å². The van der Waals surface area contributed by atoms with Gasteiger partial charge in [-0.2, -0.15) is 0 Å². The predicted molar refractivity (Wildman–Crippen MR) is 51.3 cm³/mol. The van der Waals surface area contributed by atoms with Crippen LogP contribution < -0.4 is 5.32 Å². The van der Waals surface area contributed by atoms with Crippen molar-refractivity contribution in [2.24, 2.45) is 0 Å². The lowest BCUT2D eigenvalue weighted by molar-refractivity contribution is 0.199. The number of ether oxygens (including phenoxy) is 1. The molecule has 69 valence electrons. The van der Waals surface area contributed by atoms with Gasteiger partial charge in [-0.3, -0.25) is 5.32 Å². The lowest BCUT2D eigenvalue weighted by Gasteiger charge is -2.03. The molecule has 3 nitrogen and oxygen atoms in total. The maximum Gasteiger partial charge on any atom is 0.411 e. The Kier molecular flexibility index (Phi) is 3.31. The smallest absolute Gasteiger partial charge is 0.411 e. The molecule has 1 aromatic rings. The minimum atomic E-state index is -0.552. The molecule has 0 aliphatic heterocycles. The minimum Gasteiger partial charge on any atom is -0.446 e. The van der Waals surface area contributed by atoms with E-state index in [1.54, 1.807) is 0 Å². The molecule has 0 saturated carbocycles. The molecule has 0 aliphatic rings. The summed E-state index contributed by atoms with van der Waals surface area (Å²) in [6.07, 6.45) is 0.435. The first-order valence-electron chi connectivity index (χ1n) is 4.08. The molecule has 0 atom stereocenters. The van der Waals surface area contributed by atoms with Crippen LogP contribution in [0.3, 0.4) is 0 Å². The molecule has 0 heterocycles. The number of hydrogen-bond acceptors (Lipinski definition) is 2. The Bertz CT molecular complexity index is 279. The standard InChI is InChI=1S/C10H12NO2/c1-3-8-4-6-9(7-5-8)11-10(12)13-2/h4-7H,2-3H2,1H3,(H,11,12). The van der Waals surface area contributed by atoms with E-state index in [0.29, 0.717) is 5.69 Å². The Labute approximate surface area is 77.7 Å². The molecule has 1 N–H and O–H groups in total. The highest BCUT2D eigenvalue weighted by atomic mass is 16.5. The van der Waals surface area contributed by atoms with Crippen molar-refractivity contribution in [1.29, 1.82) is 0 Å². The number of hydrogen-bond donors (Lipinski definition) is 1. The number of benzene rings is 1. The third kappa shape index (κ3) is 2.78. The first kappa shape index (κ1) is 9.58. The van der Waals surface area contributed by atoms with Crippen LogP contribution in [0.1, 0.15) is 12.5 Å². The molecule has 1 radical (unpaired) electrons. The van der Waals surface area contributed by atoms with Gasteiger partial charge in [0.2, 0.25) is 0 Å². The Hall–Kier alpha value is -1.51. The average Bonchev–Trinajstić information content (AvgIpc) is 2.19. The van der Waals surface area contributed by atoms with Gasteiger partial charge >= 0.3 is 6.09 Å². The van der Waals surface area contributed by atoms with E-state index in [9.17, 15) is 4.79 Å². The summed E-state index contributed by atoms with van der Waals surface area (Å²) in [5.74, 6) is 0. The van der Waals surface area contributed by atoms with Gasteiger partial charge < -0.3 is 4.74 Å². The summed E-state index contributed by atoms with van der Waals surface area (Å²) in [4.78, 5) is 10.7. The van der Waals surface area contributed by atoms with Gasteiger partial charge in [0.05, 0.1) is 0 Å². The van der Waals surface area contributed by atoms with E-state index in [4.69, 9.17) is 0 Å². The fourth-order valence-corrected chi connectivity index (χ4v) is 0.978. The van der Waals surface area contributed by atoms with Crippen LogP contribution in [-0.4, -0.2) is 6.09 Å². The van der Waals surface area contributed by atoms with Crippen molar-refractivity contribution >= 4 is 11.8 Å². The lowest BCUT2D eigenvalue weighted by atomic mass is 10.1. The van der Waals surface area contributed by atoms with E-state index >= 15 is 0 Å². The third-order valence-corrected chi connectivity index (χ3v) is 1.74. The predicted octanol–water partition coefficient (Wildman–Crippen LogP) is 2.59. The van der Waals surface area contributed by atoms with E-state index in [1.807, 2.05) is 24.3 Å². The SMILES string of the molecule is [CH2]OC(=O)Nc1ccc(CC)cc1. The molecule has 0 saturated heterocycles. The Balaban J connectivity index is 2.64. The van der Waals surface area contributed by atoms with Gasteiger partial charge in [-0.05, 0) is 24.1 Å². The fourth-order valence-electron chi connectivity index (χ4n) is 0.978. The van der Waals surface area contributed by atoms with Crippen molar-refractivity contribution in [2.45, 2.75) is 13.3 Å². The molecular weight excluding hydrogens is 166 g/mol. The first-order valence-corrected chi connectivity index (χ1v) is 4.08. The molecule has 0 aromatic heterocycles. The molecule has 0 fully saturated rings. The summed E-state index contributed by atoms with van der Waals surface area (Å²) in [5, 5.41) is 2.52. The molecule has 0 aliphatic carbocycles. The van der Waals surface area contributed by atoms with Gasteiger partial charge in [-0.1, -0.05) is 19.1 Å². The van der Waals surface area contributed by atoms with Gasteiger partial charge in [0.1, 0.15) is 7.11 Å². The zero-order valence-electron chi connectivity index (χ0n) is 7.54. The molecule has 1 amide bonds. The Morgan fingerprint density at radius 1 is 1.46 bits per heavy atom. The van der Waals surface area contributed by atoms with Gasteiger partial charge in [0, 0.05) is 5.69 Å². The maximum atomic E-state index is 10.7. The molecule has 0 spiro atoms. The molecule has 1 aromatic carbocycles. The van der Waals surface area contributed by atoms with Crippen LogP contribution in [0.5, 0.6) is 0 Å². The highest BCUT2D eigenvalue weighted by Gasteiger charge is 1.98. The number of aryl methyl sites for hydroxylation is 1. The van der Waals surface area contributed by atoms with Crippen LogP contribution in [0.2, 0.25) is 0 Å². The monoisotopic (exact) mass is 178 g/mol. The Morgan fingerprint density at radius 3 is 2.54 bits per heavy atom. The zero-order chi connectivity index (χ0) is 9.68. The van der Waals surface area contributed by atoms with E-state index in [0.717, 1.165) is 6.42 Å². The molecule has 0 unspecified atom stereocenters. The summed E-state index contributed by atoms with van der Waals surface area (Å²) >= 11 is 0. The van der Waals surface area contributed by atoms with Crippen LogP contribution in [0.15, 0.2) is 24.3 Å². The van der Waals surface area contributed by atoms with Crippen molar-refractivity contribution in [3.8, 4) is 0 Å². The fraction of sp³-hybridized carbons (Fsp3) is 0.200.